The summed E-state index contributed by atoms with van der Waals surface area (Å²) in [4.78, 5) is 9.75. The van der Waals surface area contributed by atoms with Crippen molar-refractivity contribution in [3.8, 4) is 0 Å². The molecule has 0 bridgehead atoms. The maximum Gasteiger partial charge on any atom is 0.203 e. The van der Waals surface area contributed by atoms with Crippen molar-refractivity contribution in [2.45, 2.75) is 5.38 Å². The molecule has 0 radical (unpaired) electrons. The second kappa shape index (κ2) is 5.38. The summed E-state index contributed by atoms with van der Waals surface area (Å²) in [5, 5.41) is -0.0433. The number of aromatic amines is 1. The van der Waals surface area contributed by atoms with Gasteiger partial charge in [0.1, 0.15) is 0 Å². The summed E-state index contributed by atoms with van der Waals surface area (Å²) in [6.07, 6.45) is 0. The predicted molar refractivity (Wildman–Crippen MR) is 70.9 cm³/mol. The van der Waals surface area contributed by atoms with Crippen molar-refractivity contribution in [2.75, 3.05) is 32.2 Å². The van der Waals surface area contributed by atoms with Crippen molar-refractivity contribution in [1.29, 1.82) is 0 Å². The number of rotatable bonds is 5. The molecule has 1 unspecified atom stereocenters. The van der Waals surface area contributed by atoms with Gasteiger partial charge >= 0.3 is 0 Å². The highest BCUT2D eigenvalue weighted by atomic mass is 35.5. The molecular weight excluding hydrogens is 238 g/mol. The van der Waals surface area contributed by atoms with Crippen LogP contribution < -0.4 is 4.90 Å². The molecule has 0 aliphatic rings. The molecule has 0 aliphatic heterocycles. The molecule has 2 aromatic rings. The van der Waals surface area contributed by atoms with Gasteiger partial charge in [0.05, 0.1) is 23.0 Å². The van der Waals surface area contributed by atoms with E-state index in [1.54, 1.807) is 7.11 Å². The van der Waals surface area contributed by atoms with Crippen molar-refractivity contribution in [3.05, 3.63) is 24.3 Å². The SMILES string of the molecule is COCC(Cl)CN(C)c1nc2ccccc2[nH]1. The Bertz CT molecular complexity index is 452. The maximum absolute atomic E-state index is 6.12. The van der Waals surface area contributed by atoms with Crippen LogP contribution in [0.3, 0.4) is 0 Å². The van der Waals surface area contributed by atoms with E-state index in [1.165, 1.54) is 0 Å². The lowest BCUT2D eigenvalue weighted by Gasteiger charge is -2.18. The summed E-state index contributed by atoms with van der Waals surface area (Å²) in [6, 6.07) is 7.95. The minimum absolute atomic E-state index is 0.0433. The number of methoxy groups -OCH3 is 1. The standard InChI is InChI=1S/C12H16ClN3O/c1-16(7-9(13)8-17-2)12-14-10-5-3-4-6-11(10)15-12/h3-6,9H,7-8H2,1-2H3,(H,14,15). The van der Waals surface area contributed by atoms with E-state index in [0.29, 0.717) is 13.2 Å². The number of ether oxygens (including phenoxy) is 1. The normalized spacial score (nSPS) is 12.9. The van der Waals surface area contributed by atoms with Gasteiger partial charge in [0, 0.05) is 20.7 Å². The second-order valence-electron chi connectivity index (χ2n) is 4.01. The maximum atomic E-state index is 6.12. The lowest BCUT2D eigenvalue weighted by molar-refractivity contribution is 0.199. The van der Waals surface area contributed by atoms with Gasteiger partial charge in [0.25, 0.3) is 0 Å². The van der Waals surface area contributed by atoms with Crippen molar-refractivity contribution < 1.29 is 4.74 Å². The highest BCUT2D eigenvalue weighted by Gasteiger charge is 2.11. The van der Waals surface area contributed by atoms with Gasteiger partial charge < -0.3 is 14.6 Å². The summed E-state index contributed by atoms with van der Waals surface area (Å²) >= 11 is 6.12. The second-order valence-corrected chi connectivity index (χ2v) is 4.63. The molecule has 0 saturated heterocycles. The van der Waals surface area contributed by atoms with E-state index in [1.807, 2.05) is 36.2 Å². The number of alkyl halides is 1. The van der Waals surface area contributed by atoms with Crippen LogP contribution in [0.25, 0.3) is 11.0 Å². The first-order valence-electron chi connectivity index (χ1n) is 5.49. The van der Waals surface area contributed by atoms with Gasteiger partial charge in [-0.2, -0.15) is 0 Å². The average Bonchev–Trinajstić information content (AvgIpc) is 2.72. The Kier molecular flexibility index (Phi) is 3.86. The lowest BCUT2D eigenvalue weighted by atomic mass is 10.3. The first-order valence-corrected chi connectivity index (χ1v) is 5.93. The Labute approximate surface area is 106 Å². The number of halogens is 1. The number of hydrogen-bond acceptors (Lipinski definition) is 3. The first-order chi connectivity index (χ1) is 8.20. The number of para-hydroxylation sites is 2. The van der Waals surface area contributed by atoms with E-state index in [9.17, 15) is 0 Å². The van der Waals surface area contributed by atoms with E-state index in [2.05, 4.69) is 9.97 Å². The van der Waals surface area contributed by atoms with Crippen molar-refractivity contribution in [3.63, 3.8) is 0 Å². The molecule has 1 N–H and O–H groups in total. The average molecular weight is 254 g/mol. The molecule has 1 aromatic heterocycles. The summed E-state index contributed by atoms with van der Waals surface area (Å²) in [5.41, 5.74) is 2.00. The molecule has 5 heteroatoms. The molecule has 0 aliphatic carbocycles. The smallest absolute Gasteiger partial charge is 0.203 e. The van der Waals surface area contributed by atoms with Crippen LogP contribution in [0.4, 0.5) is 5.95 Å². The fourth-order valence-electron chi connectivity index (χ4n) is 1.74. The molecule has 1 atom stereocenters. The summed E-state index contributed by atoms with van der Waals surface area (Å²) in [7, 11) is 3.61. The Hall–Kier alpha value is -1.26. The van der Waals surface area contributed by atoms with Crippen LogP contribution in [0, 0.1) is 0 Å². The third-order valence-corrected chi connectivity index (χ3v) is 2.82. The molecule has 17 heavy (non-hydrogen) atoms. The number of imidazole rings is 1. The van der Waals surface area contributed by atoms with Crippen LogP contribution in [-0.2, 0) is 4.74 Å². The minimum Gasteiger partial charge on any atom is -0.383 e. The molecule has 4 nitrogen and oxygen atoms in total. The van der Waals surface area contributed by atoms with Gasteiger partial charge in [0.15, 0.2) is 0 Å². The zero-order chi connectivity index (χ0) is 12.3. The molecule has 92 valence electrons. The van der Waals surface area contributed by atoms with Gasteiger partial charge in [-0.1, -0.05) is 12.1 Å². The zero-order valence-corrected chi connectivity index (χ0v) is 10.7. The van der Waals surface area contributed by atoms with Crippen molar-refractivity contribution in [2.24, 2.45) is 0 Å². The third kappa shape index (κ3) is 2.90. The summed E-state index contributed by atoms with van der Waals surface area (Å²) in [6.45, 7) is 1.22. The largest absolute Gasteiger partial charge is 0.383 e. The third-order valence-electron chi connectivity index (χ3n) is 2.56. The van der Waals surface area contributed by atoms with Crippen LogP contribution in [0.15, 0.2) is 24.3 Å². The monoisotopic (exact) mass is 253 g/mol. The molecular formula is C12H16ClN3O. The topological polar surface area (TPSA) is 41.1 Å². The van der Waals surface area contributed by atoms with Crippen molar-refractivity contribution in [1.82, 2.24) is 9.97 Å². The Balaban J connectivity index is 2.10. The lowest BCUT2D eigenvalue weighted by Crippen LogP contribution is -2.29. The number of fused-ring (bicyclic) bond motifs is 1. The molecule has 1 heterocycles. The number of H-pyrrole nitrogens is 1. The van der Waals surface area contributed by atoms with E-state index >= 15 is 0 Å². The number of benzene rings is 1. The minimum atomic E-state index is -0.0433. The van der Waals surface area contributed by atoms with Crippen molar-refractivity contribution >= 4 is 28.6 Å². The van der Waals surface area contributed by atoms with Gasteiger partial charge in [-0.25, -0.2) is 4.98 Å². The molecule has 1 aromatic carbocycles. The fourth-order valence-corrected chi connectivity index (χ4v) is 2.07. The van der Waals surface area contributed by atoms with Crippen LogP contribution >= 0.6 is 11.6 Å². The van der Waals surface area contributed by atoms with E-state index < -0.39 is 0 Å². The Morgan fingerprint density at radius 3 is 2.94 bits per heavy atom. The van der Waals surface area contributed by atoms with Gasteiger partial charge in [-0.15, -0.1) is 11.6 Å². The quantitative estimate of drug-likeness (QED) is 0.831. The number of nitrogens with one attached hydrogen (secondary N) is 1. The fraction of sp³-hybridized carbons (Fsp3) is 0.417. The predicted octanol–water partition coefficient (Wildman–Crippen LogP) is 2.25. The zero-order valence-electron chi connectivity index (χ0n) is 9.98. The van der Waals surface area contributed by atoms with Crippen LogP contribution in [-0.4, -0.2) is 42.7 Å². The van der Waals surface area contributed by atoms with E-state index in [0.717, 1.165) is 17.0 Å². The number of nitrogens with zero attached hydrogens (tertiary/aromatic N) is 2. The van der Waals surface area contributed by atoms with E-state index in [-0.39, 0.29) is 5.38 Å². The van der Waals surface area contributed by atoms with Crippen LogP contribution in [0.1, 0.15) is 0 Å². The number of anilines is 1. The van der Waals surface area contributed by atoms with E-state index in [4.69, 9.17) is 16.3 Å². The van der Waals surface area contributed by atoms with Crippen LogP contribution in [0.5, 0.6) is 0 Å². The van der Waals surface area contributed by atoms with Crippen LogP contribution in [0.2, 0.25) is 0 Å². The highest BCUT2D eigenvalue weighted by molar-refractivity contribution is 6.21. The molecule has 2 rings (SSSR count). The number of hydrogen-bond donors (Lipinski definition) is 1. The van der Waals surface area contributed by atoms with Gasteiger partial charge in [-0.05, 0) is 12.1 Å². The Morgan fingerprint density at radius 2 is 2.24 bits per heavy atom. The van der Waals surface area contributed by atoms with Gasteiger partial charge in [-0.3, -0.25) is 0 Å². The molecule has 0 amide bonds. The highest BCUT2D eigenvalue weighted by Crippen LogP contribution is 2.16. The molecule has 0 spiro atoms. The summed E-state index contributed by atoms with van der Waals surface area (Å²) < 4.78 is 5.01. The molecule has 0 saturated carbocycles. The summed E-state index contributed by atoms with van der Waals surface area (Å²) in [5.74, 6) is 0.827. The number of aromatic nitrogens is 2. The molecule has 0 fully saturated rings. The van der Waals surface area contributed by atoms with Gasteiger partial charge in [0.2, 0.25) is 5.95 Å². The first kappa shape index (κ1) is 12.2. The Morgan fingerprint density at radius 1 is 1.47 bits per heavy atom.